The maximum atomic E-state index is 12.1. The van der Waals surface area contributed by atoms with Crippen molar-refractivity contribution in [1.82, 2.24) is 20.2 Å². The van der Waals surface area contributed by atoms with Gasteiger partial charge in [0.2, 0.25) is 0 Å². The molecule has 1 aromatic rings. The molecule has 0 aromatic carbocycles. The van der Waals surface area contributed by atoms with E-state index in [0.717, 1.165) is 43.5 Å². The van der Waals surface area contributed by atoms with Crippen molar-refractivity contribution in [3.63, 3.8) is 0 Å². The Labute approximate surface area is 138 Å². The molecule has 2 fully saturated rings. The van der Waals surface area contributed by atoms with Crippen LogP contribution >= 0.6 is 0 Å². The van der Waals surface area contributed by atoms with Gasteiger partial charge in [0.25, 0.3) is 5.91 Å². The van der Waals surface area contributed by atoms with Crippen molar-refractivity contribution in [3.8, 4) is 0 Å². The van der Waals surface area contributed by atoms with Crippen molar-refractivity contribution in [1.29, 1.82) is 0 Å². The number of carbonyl (C=O) groups is 1. The molecule has 0 unspecified atom stereocenters. The van der Waals surface area contributed by atoms with Crippen molar-refractivity contribution in [2.24, 2.45) is 0 Å². The molecule has 23 heavy (non-hydrogen) atoms. The van der Waals surface area contributed by atoms with Gasteiger partial charge in [-0.25, -0.2) is 4.98 Å². The van der Waals surface area contributed by atoms with Gasteiger partial charge in [-0.15, -0.1) is 0 Å². The van der Waals surface area contributed by atoms with Crippen molar-refractivity contribution >= 4 is 5.91 Å². The van der Waals surface area contributed by atoms with Gasteiger partial charge in [0, 0.05) is 30.7 Å². The lowest BCUT2D eigenvalue weighted by atomic mass is 9.90. The number of carbonyl (C=O) groups excluding carboxylic acids is 1. The molecule has 1 saturated heterocycles. The SMILES string of the molecule is O=C1NCCCc2[nH]c([C@H]3CCCN(C4CCCCC4)C3)nc21. The van der Waals surface area contributed by atoms with Crippen LogP contribution in [0, 0.1) is 0 Å². The number of nitrogens with one attached hydrogen (secondary N) is 2. The quantitative estimate of drug-likeness (QED) is 0.881. The highest BCUT2D eigenvalue weighted by molar-refractivity contribution is 5.93. The number of piperidine rings is 1. The first-order valence-electron chi connectivity index (χ1n) is 9.42. The van der Waals surface area contributed by atoms with E-state index in [-0.39, 0.29) is 5.91 Å². The van der Waals surface area contributed by atoms with Crippen LogP contribution in [0.4, 0.5) is 0 Å². The first kappa shape index (κ1) is 15.2. The number of amides is 1. The average molecular weight is 316 g/mol. The number of hydrogen-bond donors (Lipinski definition) is 2. The third-order valence-electron chi connectivity index (χ3n) is 5.83. The Hall–Kier alpha value is -1.36. The lowest BCUT2D eigenvalue weighted by Crippen LogP contribution is -2.43. The van der Waals surface area contributed by atoms with Crippen molar-refractivity contribution in [2.75, 3.05) is 19.6 Å². The Bertz CT molecular complexity index is 561. The highest BCUT2D eigenvalue weighted by Crippen LogP contribution is 2.31. The summed E-state index contributed by atoms with van der Waals surface area (Å²) in [7, 11) is 0. The minimum atomic E-state index is -0.0000499. The number of aromatic nitrogens is 2. The van der Waals surface area contributed by atoms with Crippen molar-refractivity contribution in [3.05, 3.63) is 17.2 Å². The second kappa shape index (κ2) is 6.63. The van der Waals surface area contributed by atoms with Gasteiger partial charge in [-0.3, -0.25) is 9.69 Å². The molecule has 0 spiro atoms. The number of hydrogen-bond acceptors (Lipinski definition) is 3. The average Bonchev–Trinajstić information content (AvgIpc) is 2.96. The Kier molecular flexibility index (Phi) is 4.38. The van der Waals surface area contributed by atoms with Crippen LogP contribution in [0.2, 0.25) is 0 Å². The van der Waals surface area contributed by atoms with Gasteiger partial charge in [0.15, 0.2) is 0 Å². The summed E-state index contributed by atoms with van der Waals surface area (Å²) >= 11 is 0. The highest BCUT2D eigenvalue weighted by atomic mass is 16.1. The molecule has 1 amide bonds. The molecule has 1 atom stereocenters. The summed E-state index contributed by atoms with van der Waals surface area (Å²) in [6.45, 7) is 3.11. The minimum absolute atomic E-state index is 0.0000499. The topological polar surface area (TPSA) is 61.0 Å². The fraction of sp³-hybridized carbons (Fsp3) is 0.778. The molecule has 0 bridgehead atoms. The Morgan fingerprint density at radius 1 is 1.04 bits per heavy atom. The summed E-state index contributed by atoms with van der Waals surface area (Å²) < 4.78 is 0. The van der Waals surface area contributed by atoms with Crippen LogP contribution in [0.25, 0.3) is 0 Å². The standard InChI is InChI=1S/C18H28N4O/c23-18-16-15(9-4-10-19-18)20-17(21-16)13-6-5-11-22(12-13)14-7-2-1-3-8-14/h13-14H,1-12H2,(H,19,23)(H,20,21)/t13-/m0/s1. The first-order chi connectivity index (χ1) is 11.3. The van der Waals surface area contributed by atoms with Crippen LogP contribution in [-0.2, 0) is 6.42 Å². The minimum Gasteiger partial charge on any atom is -0.351 e. The van der Waals surface area contributed by atoms with E-state index in [1.54, 1.807) is 0 Å². The largest absolute Gasteiger partial charge is 0.351 e. The maximum Gasteiger partial charge on any atom is 0.271 e. The molecule has 1 aliphatic carbocycles. The van der Waals surface area contributed by atoms with Crippen LogP contribution in [0.5, 0.6) is 0 Å². The van der Waals surface area contributed by atoms with Crippen LogP contribution < -0.4 is 5.32 Å². The van der Waals surface area contributed by atoms with Crippen LogP contribution in [-0.4, -0.2) is 46.5 Å². The van der Waals surface area contributed by atoms with Crippen LogP contribution in [0.15, 0.2) is 0 Å². The molecule has 4 rings (SSSR count). The van der Waals surface area contributed by atoms with E-state index in [4.69, 9.17) is 4.98 Å². The van der Waals surface area contributed by atoms with Gasteiger partial charge in [0.1, 0.15) is 11.5 Å². The summed E-state index contributed by atoms with van der Waals surface area (Å²) in [5.74, 6) is 1.51. The first-order valence-corrected chi connectivity index (χ1v) is 9.42. The van der Waals surface area contributed by atoms with Crippen molar-refractivity contribution in [2.45, 2.75) is 69.7 Å². The summed E-state index contributed by atoms with van der Waals surface area (Å²) in [6.07, 6.45) is 11.3. The molecule has 5 nitrogen and oxygen atoms in total. The third-order valence-corrected chi connectivity index (χ3v) is 5.83. The van der Waals surface area contributed by atoms with E-state index in [0.29, 0.717) is 11.6 Å². The van der Waals surface area contributed by atoms with E-state index in [1.165, 1.54) is 51.5 Å². The Morgan fingerprint density at radius 3 is 2.78 bits per heavy atom. The second-order valence-corrected chi connectivity index (χ2v) is 7.43. The molecule has 5 heteroatoms. The lowest BCUT2D eigenvalue weighted by molar-refractivity contribution is 0.0950. The third kappa shape index (κ3) is 3.16. The molecule has 0 radical (unpaired) electrons. The zero-order chi connectivity index (χ0) is 15.6. The Morgan fingerprint density at radius 2 is 1.91 bits per heavy atom. The summed E-state index contributed by atoms with van der Waals surface area (Å²) in [5, 5.41) is 2.95. The van der Waals surface area contributed by atoms with Crippen molar-refractivity contribution < 1.29 is 4.79 Å². The van der Waals surface area contributed by atoms with Gasteiger partial charge < -0.3 is 10.3 Å². The van der Waals surface area contributed by atoms with E-state index >= 15 is 0 Å². The number of imidazole rings is 1. The number of likely N-dealkylation sites (tertiary alicyclic amines) is 1. The van der Waals surface area contributed by atoms with Gasteiger partial charge in [-0.05, 0) is 45.1 Å². The summed E-state index contributed by atoms with van der Waals surface area (Å²) in [4.78, 5) is 23.0. The zero-order valence-electron chi connectivity index (χ0n) is 13.9. The Balaban J connectivity index is 1.49. The van der Waals surface area contributed by atoms with E-state index in [9.17, 15) is 4.79 Å². The molecule has 126 valence electrons. The van der Waals surface area contributed by atoms with Gasteiger partial charge in [-0.1, -0.05) is 19.3 Å². The fourth-order valence-corrected chi connectivity index (χ4v) is 4.55. The molecular formula is C18H28N4O. The number of aromatic amines is 1. The van der Waals surface area contributed by atoms with E-state index < -0.39 is 0 Å². The predicted octanol–water partition coefficient (Wildman–Crippen LogP) is 2.60. The van der Waals surface area contributed by atoms with Crippen LogP contribution in [0.3, 0.4) is 0 Å². The smallest absolute Gasteiger partial charge is 0.271 e. The summed E-state index contributed by atoms with van der Waals surface area (Å²) in [5.41, 5.74) is 1.69. The molecule has 2 aliphatic heterocycles. The molecule has 2 N–H and O–H groups in total. The molecule has 1 aromatic heterocycles. The van der Waals surface area contributed by atoms with Gasteiger partial charge in [-0.2, -0.15) is 0 Å². The second-order valence-electron chi connectivity index (χ2n) is 7.43. The molecular weight excluding hydrogens is 288 g/mol. The molecule has 3 heterocycles. The number of rotatable bonds is 2. The van der Waals surface area contributed by atoms with Gasteiger partial charge >= 0.3 is 0 Å². The number of aryl methyl sites for hydroxylation is 1. The zero-order valence-corrected chi connectivity index (χ0v) is 13.9. The highest BCUT2D eigenvalue weighted by Gasteiger charge is 2.30. The molecule has 3 aliphatic rings. The predicted molar refractivity (Wildman–Crippen MR) is 89.7 cm³/mol. The van der Waals surface area contributed by atoms with E-state index in [2.05, 4.69) is 15.2 Å². The summed E-state index contributed by atoms with van der Waals surface area (Å²) in [6, 6.07) is 0.780. The van der Waals surface area contributed by atoms with E-state index in [1.807, 2.05) is 0 Å². The number of nitrogens with zero attached hydrogens (tertiary/aromatic N) is 2. The fourth-order valence-electron chi connectivity index (χ4n) is 4.55. The number of fused-ring (bicyclic) bond motifs is 1. The normalized spacial score (nSPS) is 27.3. The lowest BCUT2D eigenvalue weighted by Gasteiger charge is -2.39. The number of H-pyrrole nitrogens is 1. The maximum absolute atomic E-state index is 12.1. The van der Waals surface area contributed by atoms with Gasteiger partial charge in [0.05, 0.1) is 0 Å². The molecule has 1 saturated carbocycles. The van der Waals surface area contributed by atoms with Crippen LogP contribution in [0.1, 0.15) is 79.3 Å². The monoisotopic (exact) mass is 316 g/mol.